The summed E-state index contributed by atoms with van der Waals surface area (Å²) in [4.78, 5) is 168. The molecule has 7 rings (SSSR count). The number of rotatable bonds is 35. The van der Waals surface area contributed by atoms with E-state index < -0.39 is 143 Å². The average Bonchev–Trinajstić information content (AvgIpc) is 1.74. The van der Waals surface area contributed by atoms with Gasteiger partial charge in [-0.05, 0) is 123 Å². The van der Waals surface area contributed by atoms with Crippen LogP contribution in [0, 0.1) is 11.6 Å². The van der Waals surface area contributed by atoms with Crippen molar-refractivity contribution in [1.82, 2.24) is 67.4 Å². The molecule has 10 amide bonds. The number of methoxy groups -OCH3 is 1. The Labute approximate surface area is 555 Å². The van der Waals surface area contributed by atoms with Gasteiger partial charge in [-0.3, -0.25) is 52.7 Å². The lowest BCUT2D eigenvalue weighted by atomic mass is 9.95. The number of thiol groups is 2. The number of carbonyl (C=O) groups is 11. The van der Waals surface area contributed by atoms with Gasteiger partial charge in [0.1, 0.15) is 71.3 Å². The summed E-state index contributed by atoms with van der Waals surface area (Å²) < 4.78 is 35.0. The van der Waals surface area contributed by atoms with Gasteiger partial charge in [0.15, 0.2) is 0 Å². The molecule has 1 aliphatic heterocycles. The first-order chi connectivity index (χ1) is 45.3. The van der Waals surface area contributed by atoms with Crippen LogP contribution in [0.1, 0.15) is 81.2 Å². The number of imidazole rings is 1. The highest BCUT2D eigenvalue weighted by atomic mass is 32.1. The number of aromatic amines is 3. The predicted molar refractivity (Wildman–Crippen MR) is 350 cm³/mol. The fraction of sp³-hybridized carbons (Fsp3) is 0.429. The van der Waals surface area contributed by atoms with Crippen molar-refractivity contribution in [3.05, 3.63) is 120 Å². The highest BCUT2D eigenvalue weighted by molar-refractivity contribution is 7.80. The standard InChI is InChI=1S/C63H79F2N15O13S2/c1-33(72-56(86)45(7-4-5-18-66)73-52(81)16-20-94)55(85)74-46(22-35-28-69-43-14-10-37(64)24-41(35)43)57(87)75-47(23-36-29-70-44-15-11-38(65)25-42(36)44)58(88)77-49(27-53(82)83)60(90)76-48(26-39-30-68-32-71-39)59(89)78-50(21-34-8-12-40(93-3)13-9-34)61(91)80-19-6-17-63(80,2)62(92)79-51(31-95)54(67)84/h8-15,24-25,28-30,32-33,45-51,69-70,94-95H,4-7,16-23,26-27,31,66H2,1-3H3,(H2,67,84)(H,68,71)(H,72,86)(H,73,81)(H,74,85)(H,75,87)(H,76,90)(H,77,88)(H,78,89)(H,79,92)(H,82,83)/t33-,45+,46+,47+,48+,49+,50+,51+,63?/m1/s1. The maximum absolute atomic E-state index is 15.0. The number of benzene rings is 3. The maximum Gasteiger partial charge on any atom is 0.305 e. The van der Waals surface area contributed by atoms with E-state index in [1.165, 1.54) is 81.1 Å². The predicted octanol–water partition coefficient (Wildman–Crippen LogP) is 0.548. The zero-order valence-corrected chi connectivity index (χ0v) is 54.1. The number of aromatic nitrogens is 4. The number of amides is 10. The number of hydrogen-bond acceptors (Lipinski definition) is 16. The number of hydrogen-bond donors (Lipinski definition) is 16. The number of nitrogens with two attached hydrogens (primary N) is 2. The van der Waals surface area contributed by atoms with Gasteiger partial charge < -0.3 is 83.7 Å². The summed E-state index contributed by atoms with van der Waals surface area (Å²) in [5.74, 6) is -11.3. The minimum absolute atomic E-state index is 0.00583. The first-order valence-corrected chi connectivity index (χ1v) is 31.9. The number of halogens is 2. The molecule has 95 heavy (non-hydrogen) atoms. The quantitative estimate of drug-likeness (QED) is 0.0191. The molecule has 0 spiro atoms. The SMILES string of the molecule is COc1ccc(C[C@H](NC(=O)[C@H](Cc2cnc[nH]2)NC(=O)[C@H](CC(=O)O)NC(=O)[C@H](Cc2c[nH]c3ccc(F)cc23)NC(=O)[C@H](Cc2c[nH]c3ccc(F)cc23)NC(=O)[C@@H](C)NC(=O)[C@H](CCCCN)NC(=O)CCS)C(=O)N2CCCC2(C)C(=O)N[C@@H](CS)C(N)=O)cc1. The third-order valence-electron chi connectivity index (χ3n) is 16.3. The fourth-order valence-corrected chi connectivity index (χ4v) is 11.5. The number of carboxylic acids is 1. The molecule has 4 heterocycles. The molecule has 32 heteroatoms. The van der Waals surface area contributed by atoms with E-state index in [4.69, 9.17) is 16.2 Å². The van der Waals surface area contributed by atoms with Crippen molar-refractivity contribution < 1.29 is 71.4 Å². The Kier molecular flexibility index (Phi) is 26.1. The zero-order chi connectivity index (χ0) is 69.1. The van der Waals surface area contributed by atoms with Crippen LogP contribution in [0.25, 0.3) is 21.8 Å². The molecule has 1 unspecified atom stereocenters. The Balaban J connectivity index is 1.19. The van der Waals surface area contributed by atoms with Crippen molar-refractivity contribution in [2.75, 3.05) is 31.7 Å². The minimum Gasteiger partial charge on any atom is -0.497 e. The number of nitrogens with zero attached hydrogens (tertiary/aromatic N) is 2. The Morgan fingerprint density at radius 3 is 1.75 bits per heavy atom. The lowest BCUT2D eigenvalue weighted by Crippen LogP contribution is -2.63. The number of ether oxygens (including phenoxy) is 1. The van der Waals surface area contributed by atoms with E-state index in [1.54, 1.807) is 24.3 Å². The maximum atomic E-state index is 15.0. The van der Waals surface area contributed by atoms with Crippen LogP contribution >= 0.6 is 25.3 Å². The van der Waals surface area contributed by atoms with Gasteiger partial charge in [-0.1, -0.05) is 12.1 Å². The number of carboxylic acid groups (broad SMARTS) is 1. The fourth-order valence-electron chi connectivity index (χ4n) is 11.1. The van der Waals surface area contributed by atoms with E-state index in [0.29, 0.717) is 59.1 Å². The first kappa shape index (κ1) is 72.9. The smallest absolute Gasteiger partial charge is 0.305 e. The van der Waals surface area contributed by atoms with Gasteiger partial charge in [0.05, 0.1) is 19.9 Å². The molecule has 0 aliphatic carbocycles. The van der Waals surface area contributed by atoms with E-state index in [2.05, 4.69) is 87.7 Å². The molecule has 1 saturated heterocycles. The third-order valence-corrected chi connectivity index (χ3v) is 16.9. The van der Waals surface area contributed by atoms with Crippen molar-refractivity contribution in [3.63, 3.8) is 0 Å². The molecule has 0 bridgehead atoms. The van der Waals surface area contributed by atoms with Crippen molar-refractivity contribution in [2.45, 2.75) is 138 Å². The number of nitrogens with one attached hydrogen (secondary N) is 11. The molecule has 3 aromatic heterocycles. The van der Waals surface area contributed by atoms with E-state index >= 15 is 9.59 Å². The Morgan fingerprint density at radius 2 is 1.22 bits per heavy atom. The van der Waals surface area contributed by atoms with Gasteiger partial charge in [-0.2, -0.15) is 25.3 Å². The minimum atomic E-state index is -2.04. The van der Waals surface area contributed by atoms with Crippen molar-refractivity contribution in [3.8, 4) is 5.75 Å². The lowest BCUT2D eigenvalue weighted by molar-refractivity contribution is -0.147. The number of aliphatic carboxylic acids is 1. The summed E-state index contributed by atoms with van der Waals surface area (Å²) in [5, 5.41) is 31.6. The molecule has 3 aromatic carbocycles. The molecule has 9 atom stereocenters. The molecule has 0 saturated carbocycles. The van der Waals surface area contributed by atoms with Gasteiger partial charge in [-0.15, -0.1) is 0 Å². The number of primary amides is 1. The summed E-state index contributed by atoms with van der Waals surface area (Å²) in [6.07, 6.45) is 4.60. The largest absolute Gasteiger partial charge is 0.497 e. The summed E-state index contributed by atoms with van der Waals surface area (Å²) in [5.41, 5.74) is 11.8. The van der Waals surface area contributed by atoms with Crippen LogP contribution in [0.15, 0.2) is 85.6 Å². The third kappa shape index (κ3) is 19.8. The number of likely N-dealkylation sites (tertiary alicyclic amines) is 1. The van der Waals surface area contributed by atoms with Crippen LogP contribution in [-0.2, 0) is 78.4 Å². The van der Waals surface area contributed by atoms with Gasteiger partial charge >= 0.3 is 5.97 Å². The molecule has 6 aromatic rings. The van der Waals surface area contributed by atoms with Gasteiger partial charge in [0, 0.05) is 90.5 Å². The summed E-state index contributed by atoms with van der Waals surface area (Å²) >= 11 is 8.23. The van der Waals surface area contributed by atoms with Crippen LogP contribution in [0.5, 0.6) is 5.75 Å². The van der Waals surface area contributed by atoms with E-state index in [9.17, 15) is 57.0 Å². The van der Waals surface area contributed by atoms with Crippen molar-refractivity contribution >= 4 is 112 Å². The zero-order valence-electron chi connectivity index (χ0n) is 52.4. The molecule has 28 nitrogen and oxygen atoms in total. The molecule has 1 aliphatic rings. The van der Waals surface area contributed by atoms with E-state index in [0.717, 1.165) is 6.07 Å². The Morgan fingerprint density at radius 1 is 0.674 bits per heavy atom. The Hall–Kier alpha value is -9.56. The van der Waals surface area contributed by atoms with Crippen LogP contribution < -0.4 is 58.7 Å². The Bertz CT molecular complexity index is 3740. The molecular formula is C63H79F2N15O13S2. The molecular weight excluding hydrogens is 1280 g/mol. The normalized spacial score (nSPS) is 16.2. The second-order valence-electron chi connectivity index (χ2n) is 23.2. The van der Waals surface area contributed by atoms with Crippen LogP contribution in [0.3, 0.4) is 0 Å². The van der Waals surface area contributed by atoms with E-state index in [-0.39, 0.29) is 73.2 Å². The number of fused-ring (bicyclic) bond motifs is 2. The second-order valence-corrected chi connectivity index (χ2v) is 24.1. The van der Waals surface area contributed by atoms with Gasteiger partial charge in [0.25, 0.3) is 0 Å². The number of H-pyrrole nitrogens is 3. The monoisotopic (exact) mass is 1360 g/mol. The van der Waals surface area contributed by atoms with Crippen molar-refractivity contribution in [2.24, 2.45) is 11.5 Å². The second kappa shape index (κ2) is 34.0. The summed E-state index contributed by atoms with van der Waals surface area (Å²) in [7, 11) is 1.45. The highest BCUT2D eigenvalue weighted by Crippen LogP contribution is 2.31. The summed E-state index contributed by atoms with van der Waals surface area (Å²) in [6, 6.07) is 1.85. The first-order valence-electron chi connectivity index (χ1n) is 30.6. The summed E-state index contributed by atoms with van der Waals surface area (Å²) in [6.45, 7) is 3.17. The molecule has 510 valence electrons. The average molecular weight is 1360 g/mol. The van der Waals surface area contributed by atoms with Crippen LogP contribution in [0.2, 0.25) is 0 Å². The topological polar surface area (TPSA) is 429 Å². The lowest BCUT2D eigenvalue weighted by Gasteiger charge is -2.37. The van der Waals surface area contributed by atoms with Crippen molar-refractivity contribution in [1.29, 1.82) is 0 Å². The molecule has 0 radical (unpaired) electrons. The van der Waals surface area contributed by atoms with Crippen LogP contribution in [-0.4, -0.2) is 181 Å². The number of carbonyl (C=O) groups excluding carboxylic acids is 10. The number of unbranched alkanes of at least 4 members (excludes halogenated alkanes) is 1. The van der Waals surface area contributed by atoms with Gasteiger partial charge in [0.2, 0.25) is 59.1 Å². The molecule has 16 N–H and O–H groups in total. The van der Waals surface area contributed by atoms with Crippen LogP contribution in [0.4, 0.5) is 8.78 Å². The van der Waals surface area contributed by atoms with Gasteiger partial charge in [-0.25, -0.2) is 13.8 Å². The molecule has 1 fully saturated rings. The van der Waals surface area contributed by atoms with E-state index in [1.807, 2.05) is 0 Å². The highest BCUT2D eigenvalue weighted by Gasteiger charge is 2.48.